The summed E-state index contributed by atoms with van der Waals surface area (Å²) in [6.45, 7) is 7.94. The average molecular weight is 237 g/mol. The zero-order valence-electron chi connectivity index (χ0n) is 11.2. The first-order chi connectivity index (χ1) is 8.21. The fraction of sp³-hybridized carbons (Fsp3) is 0.571. The maximum atomic E-state index is 5.80. The Morgan fingerprint density at radius 2 is 2.00 bits per heavy atom. The number of methoxy groups -OCH3 is 1. The van der Waals surface area contributed by atoms with Crippen LogP contribution >= 0.6 is 0 Å². The summed E-state index contributed by atoms with van der Waals surface area (Å²) in [6, 6.07) is 6.38. The Labute approximate surface area is 104 Å². The standard InChI is InChI=1S/C14H23NO2/c1-5-12(15-6-2)10-17-13-8-7-11(3)9-14(13)16-4/h7-9,12,15H,5-6,10H2,1-4H3. The minimum atomic E-state index is 0.394. The van der Waals surface area contributed by atoms with Crippen LogP contribution in [0, 0.1) is 6.92 Å². The molecule has 0 spiro atoms. The van der Waals surface area contributed by atoms with Crippen molar-refractivity contribution in [1.82, 2.24) is 5.32 Å². The van der Waals surface area contributed by atoms with E-state index in [4.69, 9.17) is 9.47 Å². The molecule has 17 heavy (non-hydrogen) atoms. The molecular formula is C14H23NO2. The van der Waals surface area contributed by atoms with E-state index in [1.165, 1.54) is 5.56 Å². The molecule has 0 bridgehead atoms. The van der Waals surface area contributed by atoms with E-state index in [0.29, 0.717) is 12.6 Å². The molecule has 1 aromatic rings. The summed E-state index contributed by atoms with van der Waals surface area (Å²) in [4.78, 5) is 0. The summed E-state index contributed by atoms with van der Waals surface area (Å²) in [5.41, 5.74) is 1.17. The highest BCUT2D eigenvalue weighted by atomic mass is 16.5. The molecule has 3 nitrogen and oxygen atoms in total. The molecule has 96 valence electrons. The van der Waals surface area contributed by atoms with Gasteiger partial charge in [0.15, 0.2) is 11.5 Å². The molecule has 0 fully saturated rings. The number of aryl methyl sites for hydroxylation is 1. The highest BCUT2D eigenvalue weighted by Gasteiger charge is 2.08. The van der Waals surface area contributed by atoms with Crippen LogP contribution in [0.2, 0.25) is 0 Å². The van der Waals surface area contributed by atoms with E-state index in [-0.39, 0.29) is 0 Å². The van der Waals surface area contributed by atoms with Gasteiger partial charge in [-0.2, -0.15) is 0 Å². The Morgan fingerprint density at radius 3 is 2.59 bits per heavy atom. The van der Waals surface area contributed by atoms with Crippen molar-refractivity contribution in [1.29, 1.82) is 0 Å². The lowest BCUT2D eigenvalue weighted by Crippen LogP contribution is -2.33. The van der Waals surface area contributed by atoms with Gasteiger partial charge in [0.25, 0.3) is 0 Å². The summed E-state index contributed by atoms with van der Waals surface area (Å²) in [6.07, 6.45) is 1.06. The van der Waals surface area contributed by atoms with Crippen molar-refractivity contribution in [3.63, 3.8) is 0 Å². The second kappa shape index (κ2) is 7.17. The van der Waals surface area contributed by atoms with Gasteiger partial charge in [-0.3, -0.25) is 0 Å². The molecule has 0 amide bonds. The quantitative estimate of drug-likeness (QED) is 0.791. The van der Waals surface area contributed by atoms with E-state index in [1.54, 1.807) is 7.11 Å². The van der Waals surface area contributed by atoms with Crippen molar-refractivity contribution >= 4 is 0 Å². The molecule has 0 radical (unpaired) electrons. The first kappa shape index (κ1) is 13.8. The van der Waals surface area contributed by atoms with Gasteiger partial charge in [0.1, 0.15) is 6.61 Å². The second-order valence-electron chi connectivity index (χ2n) is 4.13. The molecule has 0 saturated heterocycles. The van der Waals surface area contributed by atoms with Crippen molar-refractivity contribution in [2.75, 3.05) is 20.3 Å². The fourth-order valence-corrected chi connectivity index (χ4v) is 1.69. The highest BCUT2D eigenvalue weighted by Crippen LogP contribution is 2.27. The fourth-order valence-electron chi connectivity index (χ4n) is 1.69. The predicted molar refractivity (Wildman–Crippen MR) is 71.0 cm³/mol. The second-order valence-corrected chi connectivity index (χ2v) is 4.13. The normalized spacial score (nSPS) is 12.2. The Kier molecular flexibility index (Phi) is 5.84. The zero-order chi connectivity index (χ0) is 12.7. The maximum absolute atomic E-state index is 5.80. The number of rotatable bonds is 7. The van der Waals surface area contributed by atoms with Crippen LogP contribution in [-0.2, 0) is 0 Å². The third-order valence-electron chi connectivity index (χ3n) is 2.74. The van der Waals surface area contributed by atoms with Crippen molar-refractivity contribution in [3.8, 4) is 11.5 Å². The van der Waals surface area contributed by atoms with E-state index in [2.05, 4.69) is 19.2 Å². The van der Waals surface area contributed by atoms with Crippen molar-refractivity contribution in [3.05, 3.63) is 23.8 Å². The van der Waals surface area contributed by atoms with Gasteiger partial charge in [0.2, 0.25) is 0 Å². The SMILES string of the molecule is CCNC(CC)COc1ccc(C)cc1OC. The number of likely N-dealkylation sites (N-methyl/N-ethyl adjacent to an activating group) is 1. The van der Waals surface area contributed by atoms with Crippen LogP contribution in [0.25, 0.3) is 0 Å². The van der Waals surface area contributed by atoms with E-state index >= 15 is 0 Å². The van der Waals surface area contributed by atoms with Crippen LogP contribution in [0.5, 0.6) is 11.5 Å². The molecule has 0 aliphatic heterocycles. The minimum Gasteiger partial charge on any atom is -0.493 e. The number of hydrogen-bond acceptors (Lipinski definition) is 3. The third-order valence-corrected chi connectivity index (χ3v) is 2.74. The third kappa shape index (κ3) is 4.27. The number of ether oxygens (including phenoxy) is 2. The van der Waals surface area contributed by atoms with Crippen LogP contribution in [0.1, 0.15) is 25.8 Å². The van der Waals surface area contributed by atoms with Gasteiger partial charge in [-0.05, 0) is 37.6 Å². The van der Waals surface area contributed by atoms with Gasteiger partial charge >= 0.3 is 0 Å². The predicted octanol–water partition coefficient (Wildman–Crippen LogP) is 2.77. The van der Waals surface area contributed by atoms with Crippen molar-refractivity contribution < 1.29 is 9.47 Å². The molecule has 1 unspecified atom stereocenters. The lowest BCUT2D eigenvalue weighted by molar-refractivity contribution is 0.250. The minimum absolute atomic E-state index is 0.394. The summed E-state index contributed by atoms with van der Waals surface area (Å²) in [7, 11) is 1.67. The molecule has 0 saturated carbocycles. The maximum Gasteiger partial charge on any atom is 0.161 e. The van der Waals surface area contributed by atoms with Gasteiger partial charge in [0, 0.05) is 6.04 Å². The summed E-state index contributed by atoms with van der Waals surface area (Å²) < 4.78 is 11.1. The molecule has 0 aromatic heterocycles. The van der Waals surface area contributed by atoms with E-state index in [9.17, 15) is 0 Å². The highest BCUT2D eigenvalue weighted by molar-refractivity contribution is 5.42. The van der Waals surface area contributed by atoms with Gasteiger partial charge in [-0.1, -0.05) is 19.9 Å². The van der Waals surface area contributed by atoms with Crippen molar-refractivity contribution in [2.24, 2.45) is 0 Å². The Bertz CT molecular complexity index is 339. The zero-order valence-corrected chi connectivity index (χ0v) is 11.2. The molecular weight excluding hydrogens is 214 g/mol. The van der Waals surface area contributed by atoms with Crippen LogP contribution < -0.4 is 14.8 Å². The van der Waals surface area contributed by atoms with E-state index < -0.39 is 0 Å². The van der Waals surface area contributed by atoms with Crippen LogP contribution in [0.4, 0.5) is 0 Å². The summed E-state index contributed by atoms with van der Waals surface area (Å²) in [5, 5.41) is 3.39. The molecule has 0 aliphatic rings. The molecule has 1 rings (SSSR count). The Balaban J connectivity index is 2.61. The van der Waals surface area contributed by atoms with Gasteiger partial charge < -0.3 is 14.8 Å². The molecule has 0 aliphatic carbocycles. The van der Waals surface area contributed by atoms with E-state index in [1.807, 2.05) is 25.1 Å². The lowest BCUT2D eigenvalue weighted by Gasteiger charge is -2.18. The summed E-state index contributed by atoms with van der Waals surface area (Å²) in [5.74, 6) is 1.62. The average Bonchev–Trinajstić information content (AvgIpc) is 2.35. The Morgan fingerprint density at radius 1 is 1.24 bits per heavy atom. The van der Waals surface area contributed by atoms with E-state index in [0.717, 1.165) is 24.5 Å². The largest absolute Gasteiger partial charge is 0.493 e. The molecule has 3 heteroatoms. The molecule has 0 heterocycles. The van der Waals surface area contributed by atoms with Gasteiger partial charge in [-0.25, -0.2) is 0 Å². The number of benzene rings is 1. The lowest BCUT2D eigenvalue weighted by atomic mass is 10.2. The molecule has 1 N–H and O–H groups in total. The van der Waals surface area contributed by atoms with Crippen LogP contribution in [0.3, 0.4) is 0 Å². The van der Waals surface area contributed by atoms with Gasteiger partial charge in [-0.15, -0.1) is 0 Å². The van der Waals surface area contributed by atoms with Crippen LogP contribution in [-0.4, -0.2) is 26.3 Å². The van der Waals surface area contributed by atoms with Crippen LogP contribution in [0.15, 0.2) is 18.2 Å². The van der Waals surface area contributed by atoms with Gasteiger partial charge in [0.05, 0.1) is 7.11 Å². The Hall–Kier alpha value is -1.22. The molecule has 1 atom stereocenters. The molecule has 1 aromatic carbocycles. The monoisotopic (exact) mass is 237 g/mol. The van der Waals surface area contributed by atoms with Crippen molar-refractivity contribution in [2.45, 2.75) is 33.2 Å². The first-order valence-electron chi connectivity index (χ1n) is 6.22. The number of nitrogens with one attached hydrogen (secondary N) is 1. The number of hydrogen-bond donors (Lipinski definition) is 1. The first-order valence-corrected chi connectivity index (χ1v) is 6.22. The smallest absolute Gasteiger partial charge is 0.161 e. The summed E-state index contributed by atoms with van der Waals surface area (Å²) >= 11 is 0. The topological polar surface area (TPSA) is 30.5 Å².